The Morgan fingerprint density at radius 2 is 1.34 bits per heavy atom. The molecule has 0 aromatic heterocycles. The first-order valence-electron chi connectivity index (χ1n) is 21.4. The number of benzene rings is 3. The van der Waals surface area contributed by atoms with Gasteiger partial charge in [0.1, 0.15) is 31.1 Å². The van der Waals surface area contributed by atoms with E-state index in [1.165, 1.54) is 43.4 Å². The molecule has 22 heteroatoms. The number of aliphatic hydroxyl groups excluding tert-OH is 5. The Bertz CT molecular complexity index is 2520. The van der Waals surface area contributed by atoms with Crippen molar-refractivity contribution in [1.82, 2.24) is 9.80 Å². The molecule has 0 bridgehead atoms. The van der Waals surface area contributed by atoms with Gasteiger partial charge in [-0.1, -0.05) is 17.2 Å². The molecule has 5 N–H and O–H groups in total. The number of carbonyl (C=O) groups is 3. The average molecular weight is 934 g/mol. The SMILES string of the molecule is COc1cc2c(cc1OCCCOc1cc3c(cc1OC)C(=O)N1C=C(C)C[C@H]1[C@H](O)N3C(=O)OCc1ccc(O[C@@H]3OC[C@@H](O)[C@H](O)[C@H]3O)c([N+](=O)[O-])c1)N(C)[C@@H](O)[C@@H]1CC(C)=CN1C2=O. The minimum Gasteiger partial charge on any atom is -0.493 e. The monoisotopic (exact) mass is 933 g/mol. The number of carbonyl (C=O) groups excluding carboxylic acids is 3. The zero-order chi connectivity index (χ0) is 48.0. The van der Waals surface area contributed by atoms with Gasteiger partial charge in [0.2, 0.25) is 6.29 Å². The van der Waals surface area contributed by atoms with Gasteiger partial charge in [-0.3, -0.25) is 19.7 Å². The molecule has 1 saturated heterocycles. The first-order valence-corrected chi connectivity index (χ1v) is 21.4. The molecule has 3 aromatic rings. The summed E-state index contributed by atoms with van der Waals surface area (Å²) in [5.74, 6) is -0.268. The highest BCUT2D eigenvalue weighted by Crippen LogP contribution is 2.44. The minimum atomic E-state index is -1.72. The van der Waals surface area contributed by atoms with Gasteiger partial charge >= 0.3 is 11.8 Å². The number of methoxy groups -OCH3 is 2. The summed E-state index contributed by atoms with van der Waals surface area (Å²) in [6.07, 6.45) is -5.59. The van der Waals surface area contributed by atoms with Gasteiger partial charge in [0.15, 0.2) is 35.0 Å². The molecule has 5 heterocycles. The third kappa shape index (κ3) is 8.86. The van der Waals surface area contributed by atoms with E-state index in [9.17, 15) is 50.0 Å². The highest BCUT2D eigenvalue weighted by Gasteiger charge is 2.46. The molecule has 22 nitrogen and oxygen atoms in total. The lowest BCUT2D eigenvalue weighted by Crippen LogP contribution is -2.54. The van der Waals surface area contributed by atoms with E-state index in [1.807, 2.05) is 6.92 Å². The lowest BCUT2D eigenvalue weighted by molar-refractivity contribution is -0.386. The van der Waals surface area contributed by atoms with Crippen LogP contribution in [0, 0.1) is 10.1 Å². The van der Waals surface area contributed by atoms with Crippen molar-refractivity contribution in [2.24, 2.45) is 0 Å². The van der Waals surface area contributed by atoms with Crippen LogP contribution in [0.15, 0.2) is 66.0 Å². The van der Waals surface area contributed by atoms with E-state index in [4.69, 9.17) is 33.2 Å². The topological polar surface area (TPSA) is 273 Å². The number of hydrogen-bond acceptors (Lipinski definition) is 18. The van der Waals surface area contributed by atoms with Gasteiger partial charge in [0.05, 0.1) is 73.5 Å². The van der Waals surface area contributed by atoms with Crippen molar-refractivity contribution in [3.63, 3.8) is 0 Å². The van der Waals surface area contributed by atoms with Crippen LogP contribution in [0.3, 0.4) is 0 Å². The second kappa shape index (κ2) is 18.9. The number of anilines is 2. The number of hydrogen-bond donors (Lipinski definition) is 5. The average Bonchev–Trinajstić information content (AvgIpc) is 3.88. The molecule has 3 amide bonds. The Labute approximate surface area is 383 Å². The van der Waals surface area contributed by atoms with Crippen molar-refractivity contribution >= 4 is 35.0 Å². The predicted octanol–water partition coefficient (Wildman–Crippen LogP) is 2.76. The molecule has 0 aliphatic carbocycles. The number of nitro groups is 1. The Hall–Kier alpha value is -6.69. The van der Waals surface area contributed by atoms with Gasteiger partial charge in [-0.05, 0) is 50.5 Å². The molecule has 0 spiro atoms. The normalized spacial score (nSPS) is 25.5. The van der Waals surface area contributed by atoms with E-state index >= 15 is 0 Å². The number of ether oxygens (including phenoxy) is 7. The maximum atomic E-state index is 14.1. The molecule has 3 aromatic carbocycles. The zero-order valence-corrected chi connectivity index (χ0v) is 37.1. The van der Waals surface area contributed by atoms with Gasteiger partial charge in [0.25, 0.3) is 11.8 Å². The summed E-state index contributed by atoms with van der Waals surface area (Å²) in [6.45, 7) is 2.89. The molecule has 0 radical (unpaired) electrons. The van der Waals surface area contributed by atoms with Gasteiger partial charge in [-0.15, -0.1) is 0 Å². The third-order valence-electron chi connectivity index (χ3n) is 12.3. The Kier molecular flexibility index (Phi) is 13.2. The molecule has 5 aliphatic rings. The molecule has 0 unspecified atom stereocenters. The molecular weight excluding hydrogens is 883 g/mol. The maximum absolute atomic E-state index is 14.1. The number of aliphatic hydroxyl groups is 5. The van der Waals surface area contributed by atoms with Gasteiger partial charge in [-0.2, -0.15) is 0 Å². The fourth-order valence-electron chi connectivity index (χ4n) is 8.76. The summed E-state index contributed by atoms with van der Waals surface area (Å²) in [5.41, 5.74) is 2.01. The van der Waals surface area contributed by atoms with Crippen LogP contribution >= 0.6 is 0 Å². The summed E-state index contributed by atoms with van der Waals surface area (Å²) < 4.78 is 39.8. The van der Waals surface area contributed by atoms with Crippen molar-refractivity contribution in [2.75, 3.05) is 50.9 Å². The highest BCUT2D eigenvalue weighted by atomic mass is 16.7. The Balaban J connectivity index is 0.987. The fraction of sp³-hybridized carbons (Fsp3) is 0.444. The predicted molar refractivity (Wildman–Crippen MR) is 233 cm³/mol. The Morgan fingerprint density at radius 1 is 0.776 bits per heavy atom. The molecule has 8 rings (SSSR count). The van der Waals surface area contributed by atoms with Crippen molar-refractivity contribution < 1.29 is 78.0 Å². The number of fused-ring (bicyclic) bond motifs is 4. The van der Waals surface area contributed by atoms with E-state index < -0.39 is 85.0 Å². The van der Waals surface area contributed by atoms with Crippen molar-refractivity contribution in [1.29, 1.82) is 0 Å². The molecule has 8 atom stereocenters. The largest absolute Gasteiger partial charge is 0.493 e. The van der Waals surface area contributed by atoms with Crippen LogP contribution in [-0.2, 0) is 16.1 Å². The van der Waals surface area contributed by atoms with Crippen LogP contribution in [0.4, 0.5) is 21.9 Å². The number of nitro benzene ring substituents is 1. The quantitative estimate of drug-likeness (QED) is 0.0936. The third-order valence-corrected chi connectivity index (χ3v) is 12.3. The van der Waals surface area contributed by atoms with Crippen molar-refractivity contribution in [2.45, 2.75) is 88.9 Å². The molecule has 0 saturated carbocycles. The smallest absolute Gasteiger partial charge is 0.416 e. The van der Waals surface area contributed by atoms with Crippen LogP contribution in [0.1, 0.15) is 59.4 Å². The molecule has 358 valence electrons. The first-order chi connectivity index (χ1) is 32.0. The van der Waals surface area contributed by atoms with Crippen LogP contribution in [-0.4, -0.2) is 148 Å². The number of nitrogens with zero attached hydrogens (tertiary/aromatic N) is 5. The van der Waals surface area contributed by atoms with Gasteiger partial charge in [-0.25, -0.2) is 9.69 Å². The van der Waals surface area contributed by atoms with Crippen molar-refractivity contribution in [3.05, 3.63) is 92.8 Å². The molecule has 5 aliphatic heterocycles. The minimum absolute atomic E-state index is 0.0191. The van der Waals surface area contributed by atoms with Crippen LogP contribution in [0.2, 0.25) is 0 Å². The van der Waals surface area contributed by atoms with Crippen LogP contribution in [0.25, 0.3) is 0 Å². The van der Waals surface area contributed by atoms with Crippen LogP contribution < -0.4 is 33.5 Å². The summed E-state index contributed by atoms with van der Waals surface area (Å²) in [5, 5.41) is 65.2. The lowest BCUT2D eigenvalue weighted by atomic mass is 10.1. The van der Waals surface area contributed by atoms with Gasteiger partial charge in [0, 0.05) is 44.1 Å². The van der Waals surface area contributed by atoms with E-state index in [1.54, 1.807) is 48.3 Å². The van der Waals surface area contributed by atoms with Gasteiger partial charge < -0.3 is 73.4 Å². The van der Waals surface area contributed by atoms with E-state index in [2.05, 4.69) is 0 Å². The highest BCUT2D eigenvalue weighted by molar-refractivity contribution is 6.06. The standard InChI is InChI=1S/C45H51N5O17/c1-22-11-30-42(56)46(3)27-16-36(34(61-4)14-25(27)40(54)47(30)18-22)63-9-6-10-64-37-17-28-26(15-35(37)62-5)41(55)48-19-23(2)12-31(48)43(57)49(28)45(58)66-20-24-7-8-33(29(13-24)50(59)60)67-44-39(53)38(52)32(51)21-65-44/h7-8,13-19,30-32,38-39,42-44,51-53,56-57H,6,9-12,20-21H2,1-5H3/t30-,31-,32+,38-,39+,42-,43-,44-/m0/s1. The summed E-state index contributed by atoms with van der Waals surface area (Å²) >= 11 is 0. The second-order valence-corrected chi connectivity index (χ2v) is 16.8. The second-order valence-electron chi connectivity index (χ2n) is 16.8. The molecule has 1 fully saturated rings. The maximum Gasteiger partial charge on any atom is 0.416 e. The summed E-state index contributed by atoms with van der Waals surface area (Å²) in [4.78, 5) is 58.5. The fourth-order valence-corrected chi connectivity index (χ4v) is 8.76. The van der Waals surface area contributed by atoms with E-state index in [-0.39, 0.29) is 59.6 Å². The summed E-state index contributed by atoms with van der Waals surface area (Å²) in [7, 11) is 4.53. The lowest BCUT2D eigenvalue weighted by Gasteiger charge is -2.34. The van der Waals surface area contributed by atoms with Crippen molar-refractivity contribution in [3.8, 4) is 28.7 Å². The summed E-state index contributed by atoms with van der Waals surface area (Å²) in [6, 6.07) is 8.25. The van der Waals surface area contributed by atoms with Crippen LogP contribution in [0.5, 0.6) is 28.7 Å². The number of rotatable bonds is 13. The molecular formula is C45H51N5O17. The first kappa shape index (κ1) is 46.8. The number of amides is 3. The molecule has 67 heavy (non-hydrogen) atoms. The van der Waals surface area contributed by atoms with E-state index in [0.717, 1.165) is 22.1 Å². The zero-order valence-electron chi connectivity index (χ0n) is 37.1. The number of likely N-dealkylation sites (N-methyl/N-ethyl adjacent to an activating group) is 1. The van der Waals surface area contributed by atoms with E-state index in [0.29, 0.717) is 35.6 Å². The Morgan fingerprint density at radius 3 is 1.93 bits per heavy atom.